The van der Waals surface area contributed by atoms with Crippen molar-refractivity contribution in [2.24, 2.45) is 0 Å². The number of carbonyl (C=O) groups excluding carboxylic acids is 1. The maximum absolute atomic E-state index is 13.0. The van der Waals surface area contributed by atoms with Crippen LogP contribution in [0.2, 0.25) is 0 Å². The van der Waals surface area contributed by atoms with Crippen LogP contribution in [0.15, 0.2) is 47.4 Å². The number of aryl methyl sites for hydroxylation is 1. The fraction of sp³-hybridized carbons (Fsp3) is 0.409. The Morgan fingerprint density at radius 3 is 2.52 bits per heavy atom. The first-order chi connectivity index (χ1) is 14.9. The van der Waals surface area contributed by atoms with E-state index in [9.17, 15) is 13.2 Å². The highest BCUT2D eigenvalue weighted by Crippen LogP contribution is 2.30. The number of morpholine rings is 1. The number of ether oxygens (including phenoxy) is 3. The lowest BCUT2D eigenvalue weighted by molar-refractivity contribution is -0.122. The van der Waals surface area contributed by atoms with Crippen molar-refractivity contribution in [1.82, 2.24) is 4.31 Å². The van der Waals surface area contributed by atoms with E-state index in [-0.39, 0.29) is 29.6 Å². The van der Waals surface area contributed by atoms with Crippen molar-refractivity contribution in [2.75, 3.05) is 38.7 Å². The summed E-state index contributed by atoms with van der Waals surface area (Å²) in [6.07, 6.45) is -0.306. The number of nitrogens with zero attached hydrogens (tertiary/aromatic N) is 1. The number of benzene rings is 2. The molecule has 0 saturated carbocycles. The van der Waals surface area contributed by atoms with Crippen LogP contribution in [0.1, 0.15) is 18.9 Å². The number of hydrogen-bond donors (Lipinski definition) is 1. The maximum Gasteiger partial charge on any atom is 0.265 e. The van der Waals surface area contributed by atoms with Gasteiger partial charge in [-0.15, -0.1) is 0 Å². The van der Waals surface area contributed by atoms with Gasteiger partial charge in [0.05, 0.1) is 30.9 Å². The van der Waals surface area contributed by atoms with E-state index in [4.69, 9.17) is 14.2 Å². The normalized spacial score (nSPS) is 15.8. The van der Waals surface area contributed by atoms with Crippen LogP contribution in [-0.4, -0.2) is 58.1 Å². The summed E-state index contributed by atoms with van der Waals surface area (Å²) < 4.78 is 43.8. The fourth-order valence-corrected chi connectivity index (χ4v) is 4.69. The SMILES string of the molecule is CC[C@@H](Oc1ccccc1C)C(=O)Nc1cc(S(=O)(=O)N2CCOCC2)ccc1OC. The van der Waals surface area contributed by atoms with Crippen LogP contribution in [0.4, 0.5) is 5.69 Å². The van der Waals surface area contributed by atoms with Gasteiger partial charge in [0.15, 0.2) is 6.10 Å². The molecule has 1 aliphatic rings. The maximum atomic E-state index is 13.0. The molecule has 0 aliphatic carbocycles. The molecular formula is C22H28N2O6S. The van der Waals surface area contributed by atoms with Crippen molar-refractivity contribution in [3.8, 4) is 11.5 Å². The second kappa shape index (κ2) is 10.1. The van der Waals surface area contributed by atoms with Crippen LogP contribution in [0.3, 0.4) is 0 Å². The predicted octanol–water partition coefficient (Wildman–Crippen LogP) is 2.82. The molecule has 9 heteroatoms. The Kier molecular flexibility index (Phi) is 7.53. The van der Waals surface area contributed by atoms with Crippen LogP contribution in [0.25, 0.3) is 0 Å². The Bertz CT molecular complexity index is 1020. The summed E-state index contributed by atoms with van der Waals surface area (Å²) in [4.78, 5) is 13.0. The second-order valence-corrected chi connectivity index (χ2v) is 9.09. The molecule has 0 aromatic heterocycles. The average Bonchev–Trinajstić information content (AvgIpc) is 2.79. The smallest absolute Gasteiger partial charge is 0.265 e. The summed E-state index contributed by atoms with van der Waals surface area (Å²) in [7, 11) is -2.25. The number of carbonyl (C=O) groups is 1. The second-order valence-electron chi connectivity index (χ2n) is 7.15. The number of para-hydroxylation sites is 1. The summed E-state index contributed by atoms with van der Waals surface area (Å²) in [6.45, 7) is 5.04. The van der Waals surface area contributed by atoms with E-state index in [1.807, 2.05) is 32.0 Å². The third kappa shape index (κ3) is 5.36. The lowest BCUT2D eigenvalue weighted by Gasteiger charge is -2.26. The number of hydrogen-bond acceptors (Lipinski definition) is 6. The number of nitrogens with one attached hydrogen (secondary N) is 1. The summed E-state index contributed by atoms with van der Waals surface area (Å²) in [5.74, 6) is 0.602. The van der Waals surface area contributed by atoms with Gasteiger partial charge in [0.2, 0.25) is 10.0 Å². The van der Waals surface area contributed by atoms with Crippen molar-refractivity contribution in [1.29, 1.82) is 0 Å². The van der Waals surface area contributed by atoms with Crippen LogP contribution >= 0.6 is 0 Å². The molecule has 8 nitrogen and oxygen atoms in total. The van der Waals surface area contributed by atoms with E-state index in [2.05, 4.69) is 5.32 Å². The highest BCUT2D eigenvalue weighted by Gasteiger charge is 2.28. The molecule has 2 aromatic rings. The van der Waals surface area contributed by atoms with Crippen molar-refractivity contribution in [3.63, 3.8) is 0 Å². The number of rotatable bonds is 8. The van der Waals surface area contributed by atoms with E-state index in [1.165, 1.54) is 29.6 Å². The minimum absolute atomic E-state index is 0.0818. The minimum Gasteiger partial charge on any atom is -0.495 e. The lowest BCUT2D eigenvalue weighted by Crippen LogP contribution is -2.40. The molecule has 3 rings (SSSR count). The molecule has 1 saturated heterocycles. The van der Waals surface area contributed by atoms with E-state index in [1.54, 1.807) is 6.07 Å². The molecule has 0 unspecified atom stereocenters. The largest absolute Gasteiger partial charge is 0.495 e. The first-order valence-electron chi connectivity index (χ1n) is 10.2. The molecule has 0 spiro atoms. The van der Waals surface area contributed by atoms with E-state index in [0.717, 1.165) is 5.56 Å². The number of methoxy groups -OCH3 is 1. The molecule has 1 N–H and O–H groups in total. The average molecular weight is 449 g/mol. The standard InChI is InChI=1S/C22H28N2O6S/c1-4-19(30-20-8-6-5-7-16(20)2)22(25)23-18-15-17(9-10-21(18)28-3)31(26,27)24-11-13-29-14-12-24/h5-10,15,19H,4,11-14H2,1-3H3,(H,23,25)/t19-/m1/s1. The molecule has 2 aromatic carbocycles. The van der Waals surface area contributed by atoms with Gasteiger partial charge in [-0.2, -0.15) is 4.31 Å². The summed E-state index contributed by atoms with van der Waals surface area (Å²) in [5.41, 5.74) is 1.19. The highest BCUT2D eigenvalue weighted by molar-refractivity contribution is 7.89. The summed E-state index contributed by atoms with van der Waals surface area (Å²) in [6, 6.07) is 11.9. The molecule has 1 aliphatic heterocycles. The first-order valence-corrected chi connectivity index (χ1v) is 11.6. The number of sulfonamides is 1. The van der Waals surface area contributed by atoms with Crippen molar-refractivity contribution in [2.45, 2.75) is 31.3 Å². The third-order valence-corrected chi connectivity index (χ3v) is 6.96. The number of anilines is 1. The van der Waals surface area contributed by atoms with Gasteiger partial charge < -0.3 is 19.5 Å². The van der Waals surface area contributed by atoms with E-state index in [0.29, 0.717) is 31.1 Å². The monoisotopic (exact) mass is 448 g/mol. The van der Waals surface area contributed by atoms with Gasteiger partial charge in [0.1, 0.15) is 11.5 Å². The van der Waals surface area contributed by atoms with Gasteiger partial charge >= 0.3 is 0 Å². The summed E-state index contributed by atoms with van der Waals surface area (Å²) in [5, 5.41) is 2.77. The quantitative estimate of drug-likeness (QED) is 0.667. The van der Waals surface area contributed by atoms with Gasteiger partial charge in [-0.25, -0.2) is 8.42 Å². The summed E-state index contributed by atoms with van der Waals surface area (Å²) >= 11 is 0. The zero-order valence-corrected chi connectivity index (χ0v) is 18.8. The van der Waals surface area contributed by atoms with Gasteiger partial charge in [-0.05, 0) is 43.2 Å². The zero-order valence-electron chi connectivity index (χ0n) is 18.0. The van der Waals surface area contributed by atoms with Gasteiger partial charge in [0.25, 0.3) is 5.91 Å². The third-order valence-electron chi connectivity index (χ3n) is 5.06. The molecule has 0 radical (unpaired) electrons. The van der Waals surface area contributed by atoms with E-state index < -0.39 is 16.1 Å². The van der Waals surface area contributed by atoms with Gasteiger partial charge in [-0.1, -0.05) is 25.1 Å². The van der Waals surface area contributed by atoms with Crippen LogP contribution in [-0.2, 0) is 19.6 Å². The molecule has 1 atom stereocenters. The zero-order chi connectivity index (χ0) is 22.4. The Morgan fingerprint density at radius 2 is 1.87 bits per heavy atom. The molecule has 1 heterocycles. The van der Waals surface area contributed by atoms with Gasteiger partial charge in [-0.3, -0.25) is 4.79 Å². The fourth-order valence-electron chi connectivity index (χ4n) is 3.26. The van der Waals surface area contributed by atoms with Crippen LogP contribution in [0, 0.1) is 6.92 Å². The predicted molar refractivity (Wildman–Crippen MR) is 117 cm³/mol. The van der Waals surface area contributed by atoms with Crippen LogP contribution < -0.4 is 14.8 Å². The topological polar surface area (TPSA) is 94.2 Å². The molecule has 31 heavy (non-hydrogen) atoms. The highest BCUT2D eigenvalue weighted by atomic mass is 32.2. The Balaban J connectivity index is 1.83. The van der Waals surface area contributed by atoms with Crippen LogP contribution in [0.5, 0.6) is 11.5 Å². The molecule has 168 valence electrons. The van der Waals surface area contributed by atoms with Crippen molar-refractivity contribution in [3.05, 3.63) is 48.0 Å². The molecule has 1 amide bonds. The first kappa shape index (κ1) is 23.1. The number of amides is 1. The molecular weight excluding hydrogens is 420 g/mol. The van der Waals surface area contributed by atoms with E-state index >= 15 is 0 Å². The molecule has 1 fully saturated rings. The Morgan fingerprint density at radius 1 is 1.16 bits per heavy atom. The van der Waals surface area contributed by atoms with Crippen molar-refractivity contribution < 1.29 is 27.4 Å². The Hall–Kier alpha value is -2.62. The van der Waals surface area contributed by atoms with Gasteiger partial charge in [0, 0.05) is 13.1 Å². The van der Waals surface area contributed by atoms with Crippen molar-refractivity contribution >= 4 is 21.6 Å². The Labute approximate surface area is 183 Å². The minimum atomic E-state index is -3.71. The lowest BCUT2D eigenvalue weighted by atomic mass is 10.2. The molecule has 0 bridgehead atoms.